The molecule has 1 nitrogen and oxygen atoms in total. The van der Waals surface area contributed by atoms with Crippen molar-refractivity contribution in [3.05, 3.63) is 89.3 Å². The molecule has 3 aromatic carbocycles. The molecule has 0 saturated carbocycles. The number of alkyl halides is 3. The lowest BCUT2D eigenvalue weighted by atomic mass is 10.0. The van der Waals surface area contributed by atoms with Gasteiger partial charge in [0.15, 0.2) is 11.6 Å². The Bertz CT molecular complexity index is 1170. The fraction of sp³-hybridized carbons (Fsp3) is 0.130. The maximum absolute atomic E-state index is 14.3. The van der Waals surface area contributed by atoms with Crippen LogP contribution in [0.25, 0.3) is 10.8 Å². The summed E-state index contributed by atoms with van der Waals surface area (Å²) < 4.78 is 82.8. The molecule has 7 heteroatoms. The minimum Gasteiger partial charge on any atom is -0.399 e. The van der Waals surface area contributed by atoms with Gasteiger partial charge in [-0.15, -0.1) is 19.8 Å². The highest BCUT2D eigenvalue weighted by Gasteiger charge is 2.34. The molecule has 0 unspecified atom stereocenters. The molecule has 30 heavy (non-hydrogen) atoms. The third kappa shape index (κ3) is 4.95. The zero-order valence-corrected chi connectivity index (χ0v) is 15.4. The summed E-state index contributed by atoms with van der Waals surface area (Å²) in [6.07, 6.45) is -2.14. The number of rotatable bonds is 4. The molecule has 0 saturated heterocycles. The van der Waals surface area contributed by atoms with Gasteiger partial charge in [0.2, 0.25) is 5.75 Å². The van der Waals surface area contributed by atoms with Crippen LogP contribution < -0.4 is 4.74 Å². The first-order chi connectivity index (χ1) is 14.2. The minimum atomic E-state index is -5.23. The Morgan fingerprint density at radius 2 is 1.70 bits per heavy atom. The molecule has 0 radical (unpaired) electrons. The van der Waals surface area contributed by atoms with E-state index in [-0.39, 0.29) is 16.3 Å². The second kappa shape index (κ2) is 8.54. The Labute approximate surface area is 168 Å². The number of benzene rings is 3. The summed E-state index contributed by atoms with van der Waals surface area (Å²) in [4.78, 5) is 0. The number of ether oxygens (including phenoxy) is 1. The average molecular weight is 420 g/mol. The molecule has 0 fully saturated rings. The Hall–Kier alpha value is -3.40. The molecule has 0 aliphatic carbocycles. The summed E-state index contributed by atoms with van der Waals surface area (Å²) in [6, 6.07) is 9.16. The van der Waals surface area contributed by atoms with Gasteiger partial charge in [-0.1, -0.05) is 30.0 Å². The molecular formula is C23H14F6O. The Morgan fingerprint density at radius 3 is 2.37 bits per heavy atom. The quantitative estimate of drug-likeness (QED) is 0.260. The highest BCUT2D eigenvalue weighted by Crippen LogP contribution is 2.33. The second-order valence-corrected chi connectivity index (χ2v) is 6.38. The van der Waals surface area contributed by atoms with Crippen molar-refractivity contribution >= 4 is 10.8 Å². The van der Waals surface area contributed by atoms with E-state index in [1.165, 1.54) is 24.3 Å². The number of aryl methyl sites for hydroxylation is 1. The molecular weight excluding hydrogens is 406 g/mol. The summed E-state index contributed by atoms with van der Waals surface area (Å²) in [6.45, 7) is 3.61. The van der Waals surface area contributed by atoms with Crippen LogP contribution in [0.2, 0.25) is 0 Å². The molecule has 0 aliphatic rings. The molecule has 3 aromatic rings. The fourth-order valence-corrected chi connectivity index (χ4v) is 2.82. The van der Waals surface area contributed by atoms with Gasteiger partial charge in [-0.3, -0.25) is 0 Å². The molecule has 0 atom stereocenters. The largest absolute Gasteiger partial charge is 0.573 e. The van der Waals surface area contributed by atoms with Crippen molar-refractivity contribution < 1.29 is 31.1 Å². The number of allylic oxidation sites excluding steroid dienone is 1. The zero-order valence-electron chi connectivity index (χ0n) is 15.4. The predicted octanol–water partition coefficient (Wildman–Crippen LogP) is 6.67. The van der Waals surface area contributed by atoms with E-state index in [0.29, 0.717) is 18.4 Å². The van der Waals surface area contributed by atoms with E-state index in [2.05, 4.69) is 23.2 Å². The van der Waals surface area contributed by atoms with E-state index in [0.717, 1.165) is 17.7 Å². The van der Waals surface area contributed by atoms with E-state index < -0.39 is 29.6 Å². The molecule has 0 aromatic heterocycles. The normalized spacial score (nSPS) is 11.1. The Kier molecular flexibility index (Phi) is 6.06. The van der Waals surface area contributed by atoms with Gasteiger partial charge >= 0.3 is 6.36 Å². The maximum atomic E-state index is 14.3. The number of halogens is 6. The van der Waals surface area contributed by atoms with Crippen molar-refractivity contribution in [1.82, 2.24) is 0 Å². The van der Waals surface area contributed by atoms with Gasteiger partial charge in [0.05, 0.1) is 5.56 Å². The van der Waals surface area contributed by atoms with E-state index in [1.807, 2.05) is 0 Å². The number of hydrogen-bond acceptors (Lipinski definition) is 1. The van der Waals surface area contributed by atoms with Crippen LogP contribution in [0, 0.1) is 29.3 Å². The van der Waals surface area contributed by atoms with Crippen molar-refractivity contribution in [3.8, 4) is 17.6 Å². The molecule has 0 N–H and O–H groups in total. The van der Waals surface area contributed by atoms with Gasteiger partial charge in [0.25, 0.3) is 0 Å². The number of fused-ring (bicyclic) bond motifs is 1. The maximum Gasteiger partial charge on any atom is 0.573 e. The molecule has 0 amide bonds. The number of hydrogen-bond donors (Lipinski definition) is 0. The molecule has 0 aliphatic heterocycles. The van der Waals surface area contributed by atoms with E-state index in [1.54, 1.807) is 12.1 Å². The van der Waals surface area contributed by atoms with Crippen LogP contribution in [-0.2, 0) is 6.42 Å². The molecule has 0 spiro atoms. The van der Waals surface area contributed by atoms with Gasteiger partial charge in [0, 0.05) is 10.9 Å². The SMILES string of the molecule is C=CCCc1ccc(C#Cc2ccc3c(F)c(OC(F)(F)F)c(F)cc3c2)c(F)c1. The van der Waals surface area contributed by atoms with Gasteiger partial charge < -0.3 is 4.74 Å². The molecule has 0 heterocycles. The monoisotopic (exact) mass is 420 g/mol. The van der Waals surface area contributed by atoms with Crippen molar-refractivity contribution in [3.63, 3.8) is 0 Å². The highest BCUT2D eigenvalue weighted by atomic mass is 19.4. The van der Waals surface area contributed by atoms with E-state index in [4.69, 9.17) is 0 Å². The first-order valence-corrected chi connectivity index (χ1v) is 8.77. The van der Waals surface area contributed by atoms with Gasteiger partial charge in [0.1, 0.15) is 5.82 Å². The molecule has 3 rings (SSSR count). The minimum absolute atomic E-state index is 0.00781. The van der Waals surface area contributed by atoms with Gasteiger partial charge in [-0.2, -0.15) is 0 Å². The second-order valence-electron chi connectivity index (χ2n) is 6.38. The summed E-state index contributed by atoms with van der Waals surface area (Å²) in [5.41, 5.74) is 1.25. The van der Waals surface area contributed by atoms with Crippen LogP contribution in [0.4, 0.5) is 26.3 Å². The van der Waals surface area contributed by atoms with Crippen LogP contribution >= 0.6 is 0 Å². The average Bonchev–Trinajstić information content (AvgIpc) is 2.68. The summed E-state index contributed by atoms with van der Waals surface area (Å²) in [5.74, 6) is 0.338. The van der Waals surface area contributed by atoms with Crippen LogP contribution in [0.15, 0.2) is 55.1 Å². The standard InChI is InChI=1S/C23H14F6O/c1-2-3-4-14-5-8-16(19(24)12-14)9-6-15-7-10-18-17(11-15)13-20(25)22(21(18)26)30-23(27,28)29/h2,5,7-8,10-13H,1,3-4H2. The Balaban J connectivity index is 1.92. The van der Waals surface area contributed by atoms with E-state index >= 15 is 0 Å². The Morgan fingerprint density at radius 1 is 0.933 bits per heavy atom. The van der Waals surface area contributed by atoms with Crippen LogP contribution in [0.3, 0.4) is 0 Å². The fourth-order valence-electron chi connectivity index (χ4n) is 2.82. The van der Waals surface area contributed by atoms with Crippen LogP contribution in [0.1, 0.15) is 23.1 Å². The van der Waals surface area contributed by atoms with E-state index in [9.17, 15) is 26.3 Å². The lowest BCUT2D eigenvalue weighted by Crippen LogP contribution is -2.19. The lowest BCUT2D eigenvalue weighted by molar-refractivity contribution is -0.276. The van der Waals surface area contributed by atoms with Crippen molar-refractivity contribution in [1.29, 1.82) is 0 Å². The smallest absolute Gasteiger partial charge is 0.399 e. The third-order valence-electron chi connectivity index (χ3n) is 4.22. The highest BCUT2D eigenvalue weighted by molar-refractivity contribution is 5.86. The van der Waals surface area contributed by atoms with Crippen molar-refractivity contribution in [2.24, 2.45) is 0 Å². The summed E-state index contributed by atoms with van der Waals surface area (Å²) >= 11 is 0. The molecule has 0 bridgehead atoms. The topological polar surface area (TPSA) is 9.23 Å². The van der Waals surface area contributed by atoms with Crippen molar-refractivity contribution in [2.75, 3.05) is 0 Å². The van der Waals surface area contributed by atoms with Crippen LogP contribution in [-0.4, -0.2) is 6.36 Å². The lowest BCUT2D eigenvalue weighted by Gasteiger charge is -2.12. The van der Waals surface area contributed by atoms with Gasteiger partial charge in [-0.05, 0) is 54.1 Å². The zero-order chi connectivity index (χ0) is 21.9. The summed E-state index contributed by atoms with van der Waals surface area (Å²) in [7, 11) is 0. The predicted molar refractivity (Wildman–Crippen MR) is 101 cm³/mol. The summed E-state index contributed by atoms with van der Waals surface area (Å²) in [5, 5.41) is -0.273. The van der Waals surface area contributed by atoms with Crippen LogP contribution in [0.5, 0.6) is 5.75 Å². The van der Waals surface area contributed by atoms with Crippen molar-refractivity contribution in [2.45, 2.75) is 19.2 Å². The first-order valence-electron chi connectivity index (χ1n) is 8.77. The third-order valence-corrected chi connectivity index (χ3v) is 4.22. The first kappa shape index (κ1) is 21.3. The molecule has 154 valence electrons. The van der Waals surface area contributed by atoms with Gasteiger partial charge in [-0.25, -0.2) is 13.2 Å².